The summed E-state index contributed by atoms with van der Waals surface area (Å²) in [5.74, 6) is 0.729. The lowest BCUT2D eigenvalue weighted by Crippen LogP contribution is -2.25. The van der Waals surface area contributed by atoms with Crippen LogP contribution < -0.4 is 10.1 Å². The van der Waals surface area contributed by atoms with E-state index in [4.69, 9.17) is 9.47 Å². The van der Waals surface area contributed by atoms with Crippen molar-refractivity contribution in [1.82, 2.24) is 5.32 Å². The zero-order valence-corrected chi connectivity index (χ0v) is 10.6. The summed E-state index contributed by atoms with van der Waals surface area (Å²) in [7, 11) is 3.27. The summed E-state index contributed by atoms with van der Waals surface area (Å²) in [5, 5.41) is 2.84. The third-order valence-electron chi connectivity index (χ3n) is 2.47. The summed E-state index contributed by atoms with van der Waals surface area (Å²) in [4.78, 5) is 11.8. The number of hydrogen-bond donors (Lipinski definition) is 1. The lowest BCUT2D eigenvalue weighted by atomic mass is 10.1. The predicted molar refractivity (Wildman–Crippen MR) is 66.6 cm³/mol. The first-order chi connectivity index (χ1) is 8.19. The topological polar surface area (TPSA) is 47.6 Å². The van der Waals surface area contributed by atoms with Gasteiger partial charge in [-0.3, -0.25) is 4.79 Å². The van der Waals surface area contributed by atoms with Crippen molar-refractivity contribution in [2.75, 3.05) is 27.4 Å². The molecule has 0 aliphatic rings. The Morgan fingerprint density at radius 3 is 2.71 bits per heavy atom. The molecule has 0 bridgehead atoms. The molecule has 1 aromatic carbocycles. The third-order valence-corrected chi connectivity index (χ3v) is 2.47. The number of methoxy groups -OCH3 is 2. The molecule has 17 heavy (non-hydrogen) atoms. The van der Waals surface area contributed by atoms with E-state index in [0.717, 1.165) is 17.7 Å². The summed E-state index contributed by atoms with van der Waals surface area (Å²) in [6, 6.07) is 5.39. The zero-order valence-electron chi connectivity index (χ0n) is 10.6. The van der Waals surface area contributed by atoms with Gasteiger partial charge in [0.15, 0.2) is 0 Å². The van der Waals surface area contributed by atoms with Gasteiger partial charge in [0, 0.05) is 25.8 Å². The molecule has 0 heterocycles. The molecule has 4 nitrogen and oxygen atoms in total. The normalized spacial score (nSPS) is 10.1. The number of hydrogen-bond acceptors (Lipinski definition) is 3. The molecule has 0 atom stereocenters. The highest BCUT2D eigenvalue weighted by atomic mass is 16.5. The van der Waals surface area contributed by atoms with Crippen LogP contribution in [0.1, 0.15) is 22.3 Å². The Bertz CT molecular complexity index is 377. The molecule has 0 saturated heterocycles. The molecule has 94 valence electrons. The summed E-state index contributed by atoms with van der Waals surface area (Å²) in [6.45, 7) is 3.19. The van der Waals surface area contributed by atoms with E-state index in [1.807, 2.05) is 13.0 Å². The van der Waals surface area contributed by atoms with Crippen molar-refractivity contribution in [1.29, 1.82) is 0 Å². The molecule has 0 spiro atoms. The van der Waals surface area contributed by atoms with Crippen LogP contribution >= 0.6 is 0 Å². The number of amides is 1. The standard InChI is InChI=1S/C13H19NO3/c1-10-9-11(5-6-12(10)17-3)13(15)14-7-4-8-16-2/h5-6,9H,4,7-8H2,1-3H3,(H,14,15). The fourth-order valence-corrected chi connectivity index (χ4v) is 1.54. The molecule has 1 aromatic rings. The van der Waals surface area contributed by atoms with Gasteiger partial charge in [-0.1, -0.05) is 0 Å². The average molecular weight is 237 g/mol. The quantitative estimate of drug-likeness (QED) is 0.767. The average Bonchev–Trinajstić information content (AvgIpc) is 2.34. The number of aryl methyl sites for hydroxylation is 1. The van der Waals surface area contributed by atoms with E-state index in [-0.39, 0.29) is 5.91 Å². The first-order valence-corrected chi connectivity index (χ1v) is 5.61. The lowest BCUT2D eigenvalue weighted by Gasteiger charge is -2.08. The number of rotatable bonds is 6. The second-order valence-electron chi connectivity index (χ2n) is 3.79. The van der Waals surface area contributed by atoms with Crippen LogP contribution in [-0.4, -0.2) is 33.3 Å². The van der Waals surface area contributed by atoms with E-state index in [9.17, 15) is 4.79 Å². The van der Waals surface area contributed by atoms with Crippen LogP contribution in [-0.2, 0) is 4.74 Å². The van der Waals surface area contributed by atoms with Crippen LogP contribution in [0.4, 0.5) is 0 Å². The van der Waals surface area contributed by atoms with E-state index in [1.54, 1.807) is 26.4 Å². The highest BCUT2D eigenvalue weighted by Gasteiger charge is 2.07. The summed E-state index contributed by atoms with van der Waals surface area (Å²) >= 11 is 0. The number of benzene rings is 1. The molecule has 0 aliphatic carbocycles. The highest BCUT2D eigenvalue weighted by molar-refractivity contribution is 5.94. The van der Waals surface area contributed by atoms with Gasteiger partial charge >= 0.3 is 0 Å². The van der Waals surface area contributed by atoms with Gasteiger partial charge in [0.05, 0.1) is 7.11 Å². The number of carbonyl (C=O) groups is 1. The molecule has 0 fully saturated rings. The Morgan fingerprint density at radius 1 is 1.35 bits per heavy atom. The van der Waals surface area contributed by atoms with Crippen LogP contribution in [0, 0.1) is 6.92 Å². The van der Waals surface area contributed by atoms with Gasteiger partial charge in [-0.15, -0.1) is 0 Å². The Kier molecular flexibility index (Phi) is 5.49. The van der Waals surface area contributed by atoms with E-state index in [0.29, 0.717) is 18.7 Å². The van der Waals surface area contributed by atoms with E-state index in [1.165, 1.54) is 0 Å². The van der Waals surface area contributed by atoms with Crippen molar-refractivity contribution in [2.45, 2.75) is 13.3 Å². The maximum atomic E-state index is 11.8. The maximum absolute atomic E-state index is 11.8. The molecule has 0 saturated carbocycles. The maximum Gasteiger partial charge on any atom is 0.251 e. The van der Waals surface area contributed by atoms with Gasteiger partial charge in [0.1, 0.15) is 5.75 Å². The van der Waals surface area contributed by atoms with Crippen molar-refractivity contribution in [2.24, 2.45) is 0 Å². The predicted octanol–water partition coefficient (Wildman–Crippen LogP) is 1.77. The second kappa shape index (κ2) is 6.91. The fraction of sp³-hybridized carbons (Fsp3) is 0.462. The highest BCUT2D eigenvalue weighted by Crippen LogP contribution is 2.18. The number of carbonyl (C=O) groups excluding carboxylic acids is 1. The summed E-state index contributed by atoms with van der Waals surface area (Å²) < 4.78 is 10.1. The molecular weight excluding hydrogens is 218 g/mol. The molecule has 1 amide bonds. The van der Waals surface area contributed by atoms with Crippen LogP contribution in [0.5, 0.6) is 5.75 Å². The molecule has 4 heteroatoms. The number of nitrogens with one attached hydrogen (secondary N) is 1. The smallest absolute Gasteiger partial charge is 0.251 e. The van der Waals surface area contributed by atoms with E-state index >= 15 is 0 Å². The molecule has 1 N–H and O–H groups in total. The van der Waals surface area contributed by atoms with Crippen LogP contribution in [0.25, 0.3) is 0 Å². The van der Waals surface area contributed by atoms with Crippen molar-refractivity contribution < 1.29 is 14.3 Å². The summed E-state index contributed by atoms with van der Waals surface area (Å²) in [5.41, 5.74) is 1.61. The van der Waals surface area contributed by atoms with E-state index in [2.05, 4.69) is 5.32 Å². The lowest BCUT2D eigenvalue weighted by molar-refractivity contribution is 0.0948. The molecule has 0 aliphatic heterocycles. The van der Waals surface area contributed by atoms with Crippen LogP contribution in [0.2, 0.25) is 0 Å². The Balaban J connectivity index is 2.54. The van der Waals surface area contributed by atoms with Crippen molar-refractivity contribution in [3.05, 3.63) is 29.3 Å². The summed E-state index contributed by atoms with van der Waals surface area (Å²) in [6.07, 6.45) is 0.817. The molecule has 0 aromatic heterocycles. The van der Waals surface area contributed by atoms with Crippen molar-refractivity contribution in [3.8, 4) is 5.75 Å². The zero-order chi connectivity index (χ0) is 12.7. The SMILES string of the molecule is COCCCNC(=O)c1ccc(OC)c(C)c1. The van der Waals surface area contributed by atoms with Gasteiger partial charge in [-0.2, -0.15) is 0 Å². The van der Waals surface area contributed by atoms with Gasteiger partial charge in [-0.05, 0) is 37.1 Å². The fourth-order valence-electron chi connectivity index (χ4n) is 1.54. The first kappa shape index (κ1) is 13.5. The van der Waals surface area contributed by atoms with Crippen LogP contribution in [0.3, 0.4) is 0 Å². The Labute approximate surface area is 102 Å². The second-order valence-corrected chi connectivity index (χ2v) is 3.79. The van der Waals surface area contributed by atoms with Crippen molar-refractivity contribution >= 4 is 5.91 Å². The van der Waals surface area contributed by atoms with Gasteiger partial charge < -0.3 is 14.8 Å². The minimum atomic E-state index is -0.0631. The Morgan fingerprint density at radius 2 is 2.12 bits per heavy atom. The largest absolute Gasteiger partial charge is 0.496 e. The van der Waals surface area contributed by atoms with E-state index < -0.39 is 0 Å². The first-order valence-electron chi connectivity index (χ1n) is 5.61. The minimum Gasteiger partial charge on any atom is -0.496 e. The number of ether oxygens (including phenoxy) is 2. The third kappa shape index (κ3) is 4.07. The minimum absolute atomic E-state index is 0.0631. The monoisotopic (exact) mass is 237 g/mol. The molecular formula is C13H19NO3. The molecule has 1 rings (SSSR count). The van der Waals surface area contributed by atoms with Crippen LogP contribution in [0.15, 0.2) is 18.2 Å². The Hall–Kier alpha value is -1.55. The molecule has 0 unspecified atom stereocenters. The molecule has 0 radical (unpaired) electrons. The van der Waals surface area contributed by atoms with Crippen molar-refractivity contribution in [3.63, 3.8) is 0 Å². The van der Waals surface area contributed by atoms with Gasteiger partial charge in [0.25, 0.3) is 5.91 Å². The van der Waals surface area contributed by atoms with Gasteiger partial charge in [-0.25, -0.2) is 0 Å². The van der Waals surface area contributed by atoms with Gasteiger partial charge in [0.2, 0.25) is 0 Å².